The van der Waals surface area contributed by atoms with Gasteiger partial charge >= 0.3 is 0 Å². The van der Waals surface area contributed by atoms with Gasteiger partial charge in [0.1, 0.15) is 5.75 Å². The van der Waals surface area contributed by atoms with Crippen molar-refractivity contribution in [1.29, 1.82) is 0 Å². The van der Waals surface area contributed by atoms with Crippen LogP contribution in [0.1, 0.15) is 5.56 Å². The lowest BCUT2D eigenvalue weighted by Crippen LogP contribution is -2.43. The molecule has 3 N–H and O–H groups in total. The molecule has 0 aliphatic carbocycles. The highest BCUT2D eigenvalue weighted by Gasteiger charge is 2.28. The molecule has 5 nitrogen and oxygen atoms in total. The van der Waals surface area contributed by atoms with Gasteiger partial charge in [-0.1, -0.05) is 28.1 Å². The minimum Gasteiger partial charge on any atom is -0.349 e. The summed E-state index contributed by atoms with van der Waals surface area (Å²) in [5.41, 5.74) is 5.32. The van der Waals surface area contributed by atoms with Crippen LogP contribution in [0.3, 0.4) is 0 Å². The zero-order valence-corrected chi connectivity index (χ0v) is 14.6. The summed E-state index contributed by atoms with van der Waals surface area (Å²) >= 11 is 3.21. The van der Waals surface area contributed by atoms with Crippen molar-refractivity contribution >= 4 is 44.1 Å². The van der Waals surface area contributed by atoms with E-state index in [4.69, 9.17) is 5.73 Å². The van der Waals surface area contributed by atoms with Crippen molar-refractivity contribution in [1.82, 2.24) is 5.32 Å². The van der Waals surface area contributed by atoms with Crippen LogP contribution < -0.4 is 11.1 Å². The summed E-state index contributed by atoms with van der Waals surface area (Å²) in [5, 5.41) is 1.87. The van der Waals surface area contributed by atoms with Crippen LogP contribution >= 0.6 is 28.3 Å². The maximum atomic E-state index is 12.8. The Bertz CT molecular complexity index is 614. The Morgan fingerprint density at radius 3 is 2.55 bits per heavy atom. The van der Waals surface area contributed by atoms with Gasteiger partial charge in [-0.05, 0) is 17.7 Å². The molecule has 0 aliphatic rings. The van der Waals surface area contributed by atoms with Gasteiger partial charge < -0.3 is 11.1 Å². The first-order valence-electron chi connectivity index (χ1n) is 5.93. The van der Waals surface area contributed by atoms with Gasteiger partial charge in [-0.3, -0.25) is 4.79 Å². The summed E-state index contributed by atoms with van der Waals surface area (Å²) in [6.07, 6.45) is 0. The largest absolute Gasteiger partial charge is 0.349 e. The van der Waals surface area contributed by atoms with Crippen LogP contribution in [0.15, 0.2) is 28.7 Å². The van der Waals surface area contributed by atoms with E-state index in [0.29, 0.717) is 10.0 Å². The predicted molar refractivity (Wildman–Crippen MR) is 85.9 cm³/mol. The standard InChI is InChI=1S/C12H15BrF2N2O3S.ClH/c13-10-3-1-2-9(4-10)5-21(19,20)6-11(18)17-8-12(14,15)7-16;/h1-4H,5-8,16H2,(H,17,18);1H. The fourth-order valence-corrected chi connectivity index (χ4v) is 3.22. The van der Waals surface area contributed by atoms with E-state index in [1.165, 1.54) is 0 Å². The second kappa shape index (κ2) is 8.76. The molecule has 126 valence electrons. The van der Waals surface area contributed by atoms with Crippen LogP contribution in [0.2, 0.25) is 0 Å². The fourth-order valence-electron chi connectivity index (χ4n) is 1.48. The number of benzene rings is 1. The SMILES string of the molecule is Cl.NCC(F)(F)CNC(=O)CS(=O)(=O)Cc1cccc(Br)c1. The van der Waals surface area contributed by atoms with Crippen molar-refractivity contribution in [3.63, 3.8) is 0 Å². The third-order valence-electron chi connectivity index (χ3n) is 2.47. The van der Waals surface area contributed by atoms with E-state index in [0.717, 1.165) is 0 Å². The smallest absolute Gasteiger partial charge is 0.277 e. The maximum Gasteiger partial charge on any atom is 0.277 e. The first kappa shape index (κ1) is 21.2. The Morgan fingerprint density at radius 2 is 2.00 bits per heavy atom. The van der Waals surface area contributed by atoms with Crippen LogP contribution in [-0.2, 0) is 20.4 Å². The lowest BCUT2D eigenvalue weighted by molar-refractivity contribution is -0.120. The average molecular weight is 422 g/mol. The number of hydrogen-bond acceptors (Lipinski definition) is 4. The number of amides is 1. The van der Waals surface area contributed by atoms with E-state index in [2.05, 4.69) is 15.9 Å². The molecule has 0 saturated heterocycles. The van der Waals surface area contributed by atoms with Gasteiger partial charge in [-0.15, -0.1) is 12.4 Å². The average Bonchev–Trinajstić information content (AvgIpc) is 2.35. The van der Waals surface area contributed by atoms with Crippen LogP contribution in [0.25, 0.3) is 0 Å². The first-order valence-corrected chi connectivity index (χ1v) is 8.54. The summed E-state index contributed by atoms with van der Waals surface area (Å²) in [6.45, 7) is -1.90. The summed E-state index contributed by atoms with van der Waals surface area (Å²) < 4.78 is 50.1. The summed E-state index contributed by atoms with van der Waals surface area (Å²) in [7, 11) is -3.73. The third kappa shape index (κ3) is 8.02. The Kier molecular flexibility index (Phi) is 8.45. The van der Waals surface area contributed by atoms with Crippen molar-refractivity contribution < 1.29 is 22.0 Å². The number of hydrogen-bond donors (Lipinski definition) is 2. The summed E-state index contributed by atoms with van der Waals surface area (Å²) in [4.78, 5) is 11.4. The first-order chi connectivity index (χ1) is 9.63. The minimum atomic E-state index is -3.73. The molecule has 0 spiro atoms. The number of halogens is 4. The van der Waals surface area contributed by atoms with Gasteiger partial charge in [0.2, 0.25) is 5.91 Å². The summed E-state index contributed by atoms with van der Waals surface area (Å²) in [6, 6.07) is 6.61. The van der Waals surface area contributed by atoms with Gasteiger partial charge in [-0.2, -0.15) is 0 Å². The van der Waals surface area contributed by atoms with E-state index in [1.807, 2.05) is 5.32 Å². The highest BCUT2D eigenvalue weighted by Crippen LogP contribution is 2.14. The van der Waals surface area contributed by atoms with Crippen LogP contribution in [0.4, 0.5) is 8.78 Å². The number of nitrogens with two attached hydrogens (primary N) is 1. The molecule has 0 aliphatic heterocycles. The second-order valence-corrected chi connectivity index (χ2v) is 7.48. The zero-order valence-electron chi connectivity index (χ0n) is 11.4. The Labute approximate surface area is 142 Å². The van der Waals surface area contributed by atoms with E-state index in [1.54, 1.807) is 24.3 Å². The minimum absolute atomic E-state index is 0. The molecule has 0 heterocycles. The van der Waals surface area contributed by atoms with Crippen molar-refractivity contribution in [2.45, 2.75) is 11.7 Å². The fraction of sp³-hybridized carbons (Fsp3) is 0.417. The van der Waals surface area contributed by atoms with Crippen molar-refractivity contribution in [2.24, 2.45) is 5.73 Å². The third-order valence-corrected chi connectivity index (χ3v) is 4.44. The van der Waals surface area contributed by atoms with Crippen molar-refractivity contribution in [3.05, 3.63) is 34.3 Å². The summed E-state index contributed by atoms with van der Waals surface area (Å²) in [5.74, 6) is -5.41. The topological polar surface area (TPSA) is 89.3 Å². The molecule has 0 aromatic heterocycles. The highest BCUT2D eigenvalue weighted by atomic mass is 79.9. The Morgan fingerprint density at radius 1 is 1.36 bits per heavy atom. The normalized spacial score (nSPS) is 11.6. The van der Waals surface area contributed by atoms with Crippen LogP contribution in [0, 0.1) is 0 Å². The quantitative estimate of drug-likeness (QED) is 0.698. The zero-order chi connectivity index (χ0) is 16.1. The molecule has 1 amide bonds. The molecule has 0 saturated carbocycles. The lowest BCUT2D eigenvalue weighted by atomic mass is 10.2. The van der Waals surface area contributed by atoms with Crippen LogP contribution in [0.5, 0.6) is 0 Å². The predicted octanol–water partition coefficient (Wildman–Crippen LogP) is 1.50. The molecule has 0 atom stereocenters. The van der Waals surface area contributed by atoms with E-state index < -0.39 is 40.5 Å². The molecule has 1 aromatic carbocycles. The molecular weight excluding hydrogens is 406 g/mol. The van der Waals surface area contributed by atoms with E-state index in [9.17, 15) is 22.0 Å². The monoisotopic (exact) mass is 420 g/mol. The van der Waals surface area contributed by atoms with E-state index in [-0.39, 0.29) is 18.2 Å². The van der Waals surface area contributed by atoms with Crippen molar-refractivity contribution in [2.75, 3.05) is 18.8 Å². The number of nitrogens with one attached hydrogen (secondary N) is 1. The molecule has 22 heavy (non-hydrogen) atoms. The van der Waals surface area contributed by atoms with Gasteiger partial charge in [0.05, 0.1) is 18.8 Å². The molecule has 1 rings (SSSR count). The van der Waals surface area contributed by atoms with Crippen molar-refractivity contribution in [3.8, 4) is 0 Å². The Balaban J connectivity index is 0.00000441. The lowest BCUT2D eigenvalue weighted by Gasteiger charge is -2.14. The van der Waals surface area contributed by atoms with Gasteiger partial charge in [-0.25, -0.2) is 17.2 Å². The number of carbonyl (C=O) groups excluding carboxylic acids is 1. The Hall–Kier alpha value is -0.770. The molecule has 1 aromatic rings. The highest BCUT2D eigenvalue weighted by molar-refractivity contribution is 9.10. The molecule has 0 radical (unpaired) electrons. The molecular formula is C12H16BrClF2N2O3S. The van der Waals surface area contributed by atoms with Gasteiger partial charge in [0.25, 0.3) is 5.92 Å². The molecule has 0 unspecified atom stereocenters. The number of rotatable bonds is 7. The number of carbonyl (C=O) groups is 1. The van der Waals surface area contributed by atoms with E-state index >= 15 is 0 Å². The molecule has 0 fully saturated rings. The molecule has 0 bridgehead atoms. The number of sulfone groups is 1. The molecule has 10 heteroatoms. The van der Waals surface area contributed by atoms with Gasteiger partial charge in [0.15, 0.2) is 9.84 Å². The van der Waals surface area contributed by atoms with Gasteiger partial charge in [0, 0.05) is 4.47 Å². The number of alkyl halides is 2. The maximum absolute atomic E-state index is 12.8. The second-order valence-electron chi connectivity index (χ2n) is 4.50. The van der Waals surface area contributed by atoms with Crippen LogP contribution in [-0.4, -0.2) is 39.1 Å².